The van der Waals surface area contributed by atoms with Gasteiger partial charge in [-0.1, -0.05) is 5.16 Å². The van der Waals surface area contributed by atoms with E-state index in [-0.39, 0.29) is 17.5 Å². The van der Waals surface area contributed by atoms with Crippen molar-refractivity contribution in [3.8, 4) is 5.82 Å². The van der Waals surface area contributed by atoms with E-state index in [0.29, 0.717) is 17.8 Å². The average molecular weight is 332 g/mol. The van der Waals surface area contributed by atoms with Gasteiger partial charge in [0.15, 0.2) is 0 Å². The number of carbonyl (C=O) groups is 1. The first-order valence-corrected chi connectivity index (χ1v) is 7.36. The zero-order valence-electron chi connectivity index (χ0n) is 12.4. The van der Waals surface area contributed by atoms with Crippen molar-refractivity contribution in [2.75, 3.05) is 5.32 Å². The summed E-state index contributed by atoms with van der Waals surface area (Å²) in [5.41, 5.74) is 2.09. The highest BCUT2D eigenvalue weighted by atomic mass is 35.5. The van der Waals surface area contributed by atoms with E-state index in [1.165, 1.54) is 0 Å². The molecule has 3 rings (SSSR count). The molecule has 1 amide bonds. The molecular formula is C15H14ClN5O2. The minimum atomic E-state index is -0.126. The van der Waals surface area contributed by atoms with Gasteiger partial charge in [0.05, 0.1) is 17.6 Å². The monoisotopic (exact) mass is 331 g/mol. The molecule has 0 atom stereocenters. The van der Waals surface area contributed by atoms with Gasteiger partial charge in [0.2, 0.25) is 11.1 Å². The number of hydrogen-bond donors (Lipinski definition) is 1. The summed E-state index contributed by atoms with van der Waals surface area (Å²) in [6, 6.07) is 3.59. The molecule has 0 unspecified atom stereocenters. The van der Waals surface area contributed by atoms with Crippen LogP contribution in [-0.4, -0.2) is 25.6 Å². The largest absolute Gasteiger partial charge is 0.344 e. The Morgan fingerprint density at radius 1 is 1.43 bits per heavy atom. The van der Waals surface area contributed by atoms with Crippen molar-refractivity contribution in [2.24, 2.45) is 0 Å². The number of aryl methyl sites for hydroxylation is 1. The first kappa shape index (κ1) is 15.2. The molecule has 3 aromatic rings. The van der Waals surface area contributed by atoms with E-state index in [4.69, 9.17) is 16.1 Å². The van der Waals surface area contributed by atoms with Gasteiger partial charge in [-0.25, -0.2) is 9.97 Å². The van der Waals surface area contributed by atoms with Gasteiger partial charge in [0.25, 0.3) is 0 Å². The Morgan fingerprint density at radius 3 is 2.91 bits per heavy atom. The highest BCUT2D eigenvalue weighted by molar-refractivity contribution is 6.29. The normalized spacial score (nSPS) is 10.7. The lowest BCUT2D eigenvalue weighted by Crippen LogP contribution is -2.13. The Morgan fingerprint density at radius 2 is 2.30 bits per heavy atom. The SMILES string of the molecule is Cc1noc(Cl)c1CCC(=O)Nc1ccc(-n2ccnc2)nc1. The number of hydrogen-bond acceptors (Lipinski definition) is 5. The maximum atomic E-state index is 12.0. The van der Waals surface area contributed by atoms with Crippen molar-refractivity contribution in [3.63, 3.8) is 0 Å². The summed E-state index contributed by atoms with van der Waals surface area (Å²) in [5, 5.41) is 6.79. The first-order valence-electron chi connectivity index (χ1n) is 6.98. The summed E-state index contributed by atoms with van der Waals surface area (Å²) in [4.78, 5) is 20.2. The lowest BCUT2D eigenvalue weighted by atomic mass is 10.1. The second-order valence-corrected chi connectivity index (χ2v) is 5.29. The van der Waals surface area contributed by atoms with Crippen LogP contribution in [0.1, 0.15) is 17.7 Å². The van der Waals surface area contributed by atoms with Crippen LogP contribution in [0, 0.1) is 6.92 Å². The number of nitrogens with one attached hydrogen (secondary N) is 1. The van der Waals surface area contributed by atoms with Crippen LogP contribution in [0.3, 0.4) is 0 Å². The Bertz CT molecular complexity index is 776. The molecule has 118 valence electrons. The van der Waals surface area contributed by atoms with Gasteiger partial charge in [-0.15, -0.1) is 0 Å². The highest BCUT2D eigenvalue weighted by Crippen LogP contribution is 2.20. The Hall–Kier alpha value is -2.67. The van der Waals surface area contributed by atoms with Crippen molar-refractivity contribution in [1.29, 1.82) is 0 Å². The lowest BCUT2D eigenvalue weighted by molar-refractivity contribution is -0.116. The van der Waals surface area contributed by atoms with Gasteiger partial charge in [0, 0.05) is 24.4 Å². The Balaban J connectivity index is 1.58. The third kappa shape index (κ3) is 3.57. The number of imidazole rings is 1. The molecule has 0 aromatic carbocycles. The molecule has 7 nitrogen and oxygen atoms in total. The van der Waals surface area contributed by atoms with Gasteiger partial charge in [0.1, 0.15) is 12.1 Å². The standard InChI is InChI=1S/C15H14ClN5O2/c1-10-12(15(16)23-20-10)3-5-14(22)19-11-2-4-13(18-8-11)21-7-6-17-9-21/h2,4,6-9H,3,5H2,1H3,(H,19,22). The molecule has 0 aliphatic heterocycles. The summed E-state index contributed by atoms with van der Waals surface area (Å²) in [5.74, 6) is 0.603. The fraction of sp³-hybridized carbons (Fsp3) is 0.200. The molecule has 0 aliphatic rings. The van der Waals surface area contributed by atoms with Crippen molar-refractivity contribution < 1.29 is 9.32 Å². The van der Waals surface area contributed by atoms with Crippen LogP contribution in [0.2, 0.25) is 5.22 Å². The number of nitrogens with zero attached hydrogens (tertiary/aromatic N) is 4. The molecule has 0 saturated heterocycles. The summed E-state index contributed by atoms with van der Waals surface area (Å²) >= 11 is 5.88. The average Bonchev–Trinajstić information content (AvgIpc) is 3.17. The molecule has 0 aliphatic carbocycles. The van der Waals surface area contributed by atoms with Crippen LogP contribution in [0.4, 0.5) is 5.69 Å². The number of aromatic nitrogens is 4. The molecule has 0 radical (unpaired) electrons. The summed E-state index contributed by atoms with van der Waals surface area (Å²) in [7, 11) is 0. The smallest absolute Gasteiger partial charge is 0.229 e. The fourth-order valence-corrected chi connectivity index (χ4v) is 2.38. The van der Waals surface area contributed by atoms with E-state index < -0.39 is 0 Å². The number of rotatable bonds is 5. The first-order chi connectivity index (χ1) is 11.1. The van der Waals surface area contributed by atoms with E-state index in [9.17, 15) is 4.79 Å². The topological polar surface area (TPSA) is 85.8 Å². The molecule has 23 heavy (non-hydrogen) atoms. The number of carbonyl (C=O) groups excluding carboxylic acids is 1. The van der Waals surface area contributed by atoms with Crippen molar-refractivity contribution in [1.82, 2.24) is 19.7 Å². The fourth-order valence-electron chi connectivity index (χ4n) is 2.11. The van der Waals surface area contributed by atoms with Crippen LogP contribution < -0.4 is 5.32 Å². The van der Waals surface area contributed by atoms with Gasteiger partial charge in [-0.3, -0.25) is 9.36 Å². The minimum absolute atomic E-state index is 0.126. The van der Waals surface area contributed by atoms with Gasteiger partial charge in [-0.2, -0.15) is 0 Å². The predicted molar refractivity (Wildman–Crippen MR) is 84.6 cm³/mol. The van der Waals surface area contributed by atoms with Crippen LogP contribution in [0.5, 0.6) is 0 Å². The molecule has 3 aromatic heterocycles. The summed E-state index contributed by atoms with van der Waals surface area (Å²) in [6.07, 6.45) is 7.49. The van der Waals surface area contributed by atoms with Crippen LogP contribution in [0.25, 0.3) is 5.82 Å². The maximum Gasteiger partial charge on any atom is 0.229 e. The molecular weight excluding hydrogens is 318 g/mol. The Labute approximate surface area is 137 Å². The van der Waals surface area contributed by atoms with E-state index in [0.717, 1.165) is 11.4 Å². The minimum Gasteiger partial charge on any atom is -0.344 e. The van der Waals surface area contributed by atoms with E-state index in [1.807, 2.05) is 0 Å². The Kier molecular flexibility index (Phi) is 4.38. The third-order valence-corrected chi connectivity index (χ3v) is 3.64. The van der Waals surface area contributed by atoms with Crippen molar-refractivity contribution in [3.05, 3.63) is 53.5 Å². The third-order valence-electron chi connectivity index (χ3n) is 3.34. The van der Waals surface area contributed by atoms with Crippen molar-refractivity contribution >= 4 is 23.2 Å². The quantitative estimate of drug-likeness (QED) is 0.777. The van der Waals surface area contributed by atoms with Crippen LogP contribution in [0.15, 0.2) is 41.6 Å². The molecule has 0 saturated carbocycles. The number of halogens is 1. The molecule has 8 heteroatoms. The molecule has 3 heterocycles. The molecule has 1 N–H and O–H groups in total. The number of amides is 1. The zero-order valence-corrected chi connectivity index (χ0v) is 13.1. The van der Waals surface area contributed by atoms with Gasteiger partial charge in [-0.05, 0) is 37.1 Å². The second kappa shape index (κ2) is 6.62. The second-order valence-electron chi connectivity index (χ2n) is 4.94. The van der Waals surface area contributed by atoms with Crippen LogP contribution >= 0.6 is 11.6 Å². The predicted octanol–water partition coefficient (Wildman–Crippen LogP) is 2.79. The van der Waals surface area contributed by atoms with E-state index in [2.05, 4.69) is 20.4 Å². The lowest BCUT2D eigenvalue weighted by Gasteiger charge is -2.06. The van der Waals surface area contributed by atoms with Crippen LogP contribution in [-0.2, 0) is 11.2 Å². The van der Waals surface area contributed by atoms with E-state index >= 15 is 0 Å². The molecule has 0 spiro atoms. The maximum absolute atomic E-state index is 12.0. The molecule has 0 bridgehead atoms. The molecule has 0 fully saturated rings. The number of anilines is 1. The number of pyridine rings is 1. The van der Waals surface area contributed by atoms with Crippen molar-refractivity contribution in [2.45, 2.75) is 19.8 Å². The zero-order chi connectivity index (χ0) is 16.2. The van der Waals surface area contributed by atoms with Gasteiger partial charge >= 0.3 is 0 Å². The summed E-state index contributed by atoms with van der Waals surface area (Å²) in [6.45, 7) is 1.79. The summed E-state index contributed by atoms with van der Waals surface area (Å²) < 4.78 is 6.64. The van der Waals surface area contributed by atoms with E-state index in [1.54, 1.807) is 48.5 Å². The van der Waals surface area contributed by atoms with Gasteiger partial charge < -0.3 is 9.84 Å². The highest BCUT2D eigenvalue weighted by Gasteiger charge is 2.12.